The Balaban J connectivity index is 0.000000155. The van der Waals surface area contributed by atoms with Gasteiger partial charge >= 0.3 is 0 Å². The van der Waals surface area contributed by atoms with Crippen LogP contribution in [0.1, 0.15) is 15.9 Å². The van der Waals surface area contributed by atoms with Gasteiger partial charge in [0.25, 0.3) is 20.0 Å². The Bertz CT molecular complexity index is 1830. The van der Waals surface area contributed by atoms with Gasteiger partial charge in [-0.3, -0.25) is 4.79 Å². The first kappa shape index (κ1) is 25.9. The third-order valence-corrected chi connectivity index (χ3v) is 12.0. The third-order valence-electron chi connectivity index (χ3n) is 5.83. The van der Waals surface area contributed by atoms with E-state index < -0.39 is 20.0 Å². The molecule has 7 nitrogen and oxygen atoms in total. The number of benzene rings is 2. The lowest BCUT2D eigenvalue weighted by Gasteiger charge is -2.05. The third kappa shape index (κ3) is 4.43. The summed E-state index contributed by atoms with van der Waals surface area (Å²) >= 11 is 2.39. The number of fused-ring (bicyclic) bond motifs is 2. The molecule has 0 aliphatic rings. The molecule has 0 amide bonds. The Kier molecular flexibility index (Phi) is 6.93. The van der Waals surface area contributed by atoms with Crippen LogP contribution in [-0.2, 0) is 20.0 Å². The van der Waals surface area contributed by atoms with Crippen LogP contribution in [0.15, 0.2) is 111 Å². The summed E-state index contributed by atoms with van der Waals surface area (Å²) < 4.78 is 53.1. The van der Waals surface area contributed by atoms with E-state index in [9.17, 15) is 21.6 Å². The fraction of sp³-hybridized carbons (Fsp3) is 0. The SMILES string of the molecule is C=Cc1cccc2c1ccn2S(=O)(=O)c1cccs1.O=Cc1cccc2c1ccn2S(=O)(=O)c1cccs1. The van der Waals surface area contributed by atoms with Crippen LogP contribution in [0.5, 0.6) is 0 Å². The first-order valence-electron chi connectivity index (χ1n) is 11.1. The molecule has 38 heavy (non-hydrogen) atoms. The van der Waals surface area contributed by atoms with Crippen LogP contribution in [0.2, 0.25) is 0 Å². The molecular weight excluding hydrogens is 561 g/mol. The Morgan fingerprint density at radius 3 is 1.53 bits per heavy atom. The van der Waals surface area contributed by atoms with Crippen LogP contribution in [0.25, 0.3) is 27.9 Å². The number of nitrogens with zero attached hydrogens (tertiary/aromatic N) is 2. The largest absolute Gasteiger partial charge is 0.298 e. The number of thiophene rings is 2. The van der Waals surface area contributed by atoms with E-state index in [-0.39, 0.29) is 4.21 Å². The van der Waals surface area contributed by atoms with Gasteiger partial charge < -0.3 is 0 Å². The molecule has 0 spiro atoms. The van der Waals surface area contributed by atoms with Crippen LogP contribution in [-0.4, -0.2) is 31.1 Å². The van der Waals surface area contributed by atoms with Crippen molar-refractivity contribution in [1.29, 1.82) is 0 Å². The summed E-state index contributed by atoms with van der Waals surface area (Å²) in [5, 5.41) is 5.00. The Hall–Kier alpha value is -3.77. The van der Waals surface area contributed by atoms with Gasteiger partial charge in [-0.1, -0.05) is 49.1 Å². The molecule has 0 atom stereocenters. The van der Waals surface area contributed by atoms with Crippen LogP contribution in [0, 0.1) is 0 Å². The standard InChI is InChI=1S/C14H11NO2S2.C13H9NO3S2/c1-2-11-5-3-6-13-12(11)8-9-15(13)19(16,17)14-7-4-10-18-14;15-9-10-3-1-4-12-11(10)6-7-14(12)19(16,17)13-5-2-8-18-13/h2-10H,1H2;1-9H. The zero-order chi connectivity index (χ0) is 26.9. The topological polar surface area (TPSA) is 95.2 Å². The van der Waals surface area contributed by atoms with Gasteiger partial charge in [-0.05, 0) is 52.7 Å². The van der Waals surface area contributed by atoms with Crippen molar-refractivity contribution >= 4 is 76.9 Å². The maximum atomic E-state index is 12.5. The number of hydrogen-bond acceptors (Lipinski definition) is 7. The number of carbonyl (C=O) groups is 1. The molecule has 0 aliphatic carbocycles. The molecule has 4 aromatic heterocycles. The van der Waals surface area contributed by atoms with Crippen molar-refractivity contribution in [2.45, 2.75) is 8.42 Å². The molecule has 0 N–H and O–H groups in total. The fourth-order valence-electron chi connectivity index (χ4n) is 4.05. The quantitative estimate of drug-likeness (QED) is 0.214. The van der Waals surface area contributed by atoms with E-state index in [2.05, 4.69) is 6.58 Å². The predicted molar refractivity (Wildman–Crippen MR) is 153 cm³/mol. The molecule has 0 radical (unpaired) electrons. The van der Waals surface area contributed by atoms with Crippen LogP contribution in [0.3, 0.4) is 0 Å². The molecule has 0 bridgehead atoms. The van der Waals surface area contributed by atoms with Crippen molar-refractivity contribution in [2.75, 3.05) is 0 Å². The summed E-state index contributed by atoms with van der Waals surface area (Å²) in [7, 11) is -7.09. The summed E-state index contributed by atoms with van der Waals surface area (Å²) in [6, 6.07) is 20.6. The number of aldehydes is 1. The Morgan fingerprint density at radius 1 is 0.632 bits per heavy atom. The molecule has 6 aromatic rings. The lowest BCUT2D eigenvalue weighted by atomic mass is 10.1. The number of aromatic nitrogens is 2. The first-order valence-corrected chi connectivity index (χ1v) is 15.8. The zero-order valence-electron chi connectivity index (χ0n) is 19.7. The molecule has 0 saturated heterocycles. The molecule has 4 heterocycles. The second kappa shape index (κ2) is 10.2. The summed E-state index contributed by atoms with van der Waals surface area (Å²) in [5.41, 5.74) is 2.60. The molecule has 0 aliphatic heterocycles. The highest BCUT2D eigenvalue weighted by atomic mass is 32.3. The number of carbonyl (C=O) groups excluding carboxylic acids is 1. The molecule has 0 fully saturated rings. The van der Waals surface area contributed by atoms with Crippen molar-refractivity contribution in [2.24, 2.45) is 0 Å². The van der Waals surface area contributed by atoms with Gasteiger partial charge in [-0.2, -0.15) is 16.8 Å². The minimum Gasteiger partial charge on any atom is -0.298 e. The second-order valence-electron chi connectivity index (χ2n) is 7.98. The lowest BCUT2D eigenvalue weighted by Crippen LogP contribution is -2.10. The van der Waals surface area contributed by atoms with Crippen molar-refractivity contribution in [3.05, 3.63) is 114 Å². The molecule has 0 unspecified atom stereocenters. The van der Waals surface area contributed by atoms with E-state index in [1.54, 1.807) is 83.7 Å². The normalized spacial score (nSPS) is 11.8. The van der Waals surface area contributed by atoms with Gasteiger partial charge in [0, 0.05) is 28.7 Å². The molecule has 0 saturated carbocycles. The maximum absolute atomic E-state index is 12.5. The van der Waals surface area contributed by atoms with Gasteiger partial charge in [0.05, 0.1) is 11.0 Å². The lowest BCUT2D eigenvalue weighted by molar-refractivity contribution is 0.112. The molecule has 11 heteroatoms. The molecule has 6 rings (SSSR count). The number of hydrogen-bond donors (Lipinski definition) is 0. The minimum absolute atomic E-state index is 0.279. The molecule has 192 valence electrons. The van der Waals surface area contributed by atoms with Gasteiger partial charge in [-0.15, -0.1) is 22.7 Å². The minimum atomic E-state index is -3.58. The fourth-order valence-corrected chi connectivity index (χ4v) is 8.90. The zero-order valence-corrected chi connectivity index (χ0v) is 22.9. The number of rotatable bonds is 6. The first-order chi connectivity index (χ1) is 18.3. The monoisotopic (exact) mass is 580 g/mol. The van der Waals surface area contributed by atoms with Gasteiger partial charge in [-0.25, -0.2) is 7.94 Å². The van der Waals surface area contributed by atoms with E-state index in [0.717, 1.165) is 17.2 Å². The van der Waals surface area contributed by atoms with Crippen molar-refractivity contribution in [3.63, 3.8) is 0 Å². The van der Waals surface area contributed by atoms with Gasteiger partial charge in [0.2, 0.25) is 0 Å². The Labute approximate surface area is 227 Å². The van der Waals surface area contributed by atoms with Crippen LogP contribution in [0.4, 0.5) is 0 Å². The van der Waals surface area contributed by atoms with E-state index in [4.69, 9.17) is 0 Å². The summed E-state index contributed by atoms with van der Waals surface area (Å²) in [4.78, 5) is 11.0. The summed E-state index contributed by atoms with van der Waals surface area (Å²) in [5.74, 6) is 0. The predicted octanol–water partition coefficient (Wildman–Crippen LogP) is 6.34. The van der Waals surface area contributed by atoms with Crippen molar-refractivity contribution in [1.82, 2.24) is 7.94 Å². The maximum Gasteiger partial charge on any atom is 0.277 e. The second-order valence-corrected chi connectivity index (χ2v) is 14.0. The van der Waals surface area contributed by atoms with E-state index >= 15 is 0 Å². The highest BCUT2D eigenvalue weighted by Gasteiger charge is 2.21. The van der Waals surface area contributed by atoms with Crippen LogP contribution >= 0.6 is 22.7 Å². The molecule has 2 aromatic carbocycles. The van der Waals surface area contributed by atoms with Gasteiger partial charge in [0.1, 0.15) is 8.42 Å². The van der Waals surface area contributed by atoms with Crippen molar-refractivity contribution in [3.8, 4) is 0 Å². The summed E-state index contributed by atoms with van der Waals surface area (Å²) in [6.45, 7) is 3.75. The Morgan fingerprint density at radius 2 is 1.11 bits per heavy atom. The smallest absolute Gasteiger partial charge is 0.277 e. The van der Waals surface area contributed by atoms with E-state index in [1.165, 1.54) is 36.8 Å². The average Bonchev–Trinajstić information content (AvgIpc) is 3.74. The van der Waals surface area contributed by atoms with E-state index in [1.807, 2.05) is 12.1 Å². The highest BCUT2D eigenvalue weighted by Crippen LogP contribution is 2.28. The van der Waals surface area contributed by atoms with E-state index in [0.29, 0.717) is 26.2 Å². The average molecular weight is 581 g/mol. The van der Waals surface area contributed by atoms with Crippen LogP contribution < -0.4 is 0 Å². The van der Waals surface area contributed by atoms with Gasteiger partial charge in [0.15, 0.2) is 6.29 Å². The summed E-state index contributed by atoms with van der Waals surface area (Å²) in [6.07, 6.45) is 5.52. The molecular formula is C27H20N2O5S4. The highest BCUT2D eigenvalue weighted by molar-refractivity contribution is 7.92. The van der Waals surface area contributed by atoms with Crippen molar-refractivity contribution < 1.29 is 21.6 Å².